The minimum absolute atomic E-state index is 0.0709. The SMILES string of the molecule is C=CCOc1cccc(/C=N\NC(=O)c2ccc([C@@H]3SCC(=O)N3Cc3ccccc3)cc2)c1. The van der Waals surface area contributed by atoms with E-state index in [0.29, 0.717) is 30.2 Å². The first-order chi connectivity index (χ1) is 16.6. The van der Waals surface area contributed by atoms with Crippen LogP contribution >= 0.6 is 11.8 Å². The van der Waals surface area contributed by atoms with Crippen molar-refractivity contribution in [1.82, 2.24) is 10.3 Å². The van der Waals surface area contributed by atoms with E-state index in [2.05, 4.69) is 17.1 Å². The average Bonchev–Trinajstić information content (AvgIpc) is 3.23. The van der Waals surface area contributed by atoms with Gasteiger partial charge in [0, 0.05) is 12.1 Å². The van der Waals surface area contributed by atoms with Gasteiger partial charge in [-0.05, 0) is 41.0 Å². The second-order valence-electron chi connectivity index (χ2n) is 7.66. The van der Waals surface area contributed by atoms with Crippen molar-refractivity contribution in [1.29, 1.82) is 0 Å². The summed E-state index contributed by atoms with van der Waals surface area (Å²) in [4.78, 5) is 26.8. The third kappa shape index (κ3) is 5.94. The monoisotopic (exact) mass is 471 g/mol. The lowest BCUT2D eigenvalue weighted by molar-refractivity contribution is -0.128. The Bertz CT molecular complexity index is 1180. The Morgan fingerprint density at radius 1 is 1.12 bits per heavy atom. The zero-order valence-electron chi connectivity index (χ0n) is 18.6. The van der Waals surface area contributed by atoms with Crippen LogP contribution in [0.2, 0.25) is 0 Å². The molecule has 7 heteroatoms. The summed E-state index contributed by atoms with van der Waals surface area (Å²) in [5.74, 6) is 0.969. The molecule has 1 heterocycles. The maximum atomic E-state index is 12.5. The van der Waals surface area contributed by atoms with Gasteiger partial charge in [-0.1, -0.05) is 67.3 Å². The molecule has 1 atom stereocenters. The fourth-order valence-electron chi connectivity index (χ4n) is 3.55. The molecule has 172 valence electrons. The highest BCUT2D eigenvalue weighted by molar-refractivity contribution is 8.00. The van der Waals surface area contributed by atoms with E-state index in [-0.39, 0.29) is 17.2 Å². The Morgan fingerprint density at radius 2 is 1.91 bits per heavy atom. The lowest BCUT2D eigenvalue weighted by Gasteiger charge is -2.24. The summed E-state index contributed by atoms with van der Waals surface area (Å²) in [6.45, 7) is 4.62. The fraction of sp³-hybridized carbons (Fsp3) is 0.148. The van der Waals surface area contributed by atoms with Crippen LogP contribution in [0.1, 0.15) is 32.4 Å². The molecule has 0 saturated carbocycles. The fourth-order valence-corrected chi connectivity index (χ4v) is 4.74. The van der Waals surface area contributed by atoms with Crippen LogP contribution in [-0.2, 0) is 11.3 Å². The summed E-state index contributed by atoms with van der Waals surface area (Å²) in [6, 6.07) is 24.7. The van der Waals surface area contributed by atoms with Gasteiger partial charge in [0.2, 0.25) is 5.91 Å². The summed E-state index contributed by atoms with van der Waals surface area (Å²) >= 11 is 1.60. The van der Waals surface area contributed by atoms with Gasteiger partial charge in [-0.25, -0.2) is 5.43 Å². The average molecular weight is 472 g/mol. The highest BCUT2D eigenvalue weighted by atomic mass is 32.2. The number of hydrazone groups is 1. The van der Waals surface area contributed by atoms with Crippen LogP contribution in [0.4, 0.5) is 0 Å². The number of benzene rings is 3. The maximum absolute atomic E-state index is 12.5. The predicted octanol–water partition coefficient (Wildman–Crippen LogP) is 4.79. The lowest BCUT2D eigenvalue weighted by Crippen LogP contribution is -2.27. The van der Waals surface area contributed by atoms with Crippen molar-refractivity contribution in [2.45, 2.75) is 11.9 Å². The number of carbonyl (C=O) groups is 2. The quantitative estimate of drug-likeness (QED) is 0.277. The number of nitrogens with one attached hydrogen (secondary N) is 1. The Hall–Kier alpha value is -3.84. The molecule has 1 aliphatic heterocycles. The minimum atomic E-state index is -0.307. The van der Waals surface area contributed by atoms with E-state index in [4.69, 9.17) is 4.74 Å². The third-order valence-electron chi connectivity index (χ3n) is 5.23. The van der Waals surface area contributed by atoms with Gasteiger partial charge in [0.15, 0.2) is 0 Å². The zero-order valence-corrected chi connectivity index (χ0v) is 19.4. The van der Waals surface area contributed by atoms with E-state index in [1.54, 1.807) is 36.2 Å². The number of rotatable bonds is 9. The van der Waals surface area contributed by atoms with Gasteiger partial charge in [-0.3, -0.25) is 9.59 Å². The van der Waals surface area contributed by atoms with Crippen LogP contribution in [0.5, 0.6) is 5.75 Å². The van der Waals surface area contributed by atoms with Gasteiger partial charge in [0.05, 0.1) is 12.0 Å². The Balaban J connectivity index is 1.37. The van der Waals surface area contributed by atoms with Crippen molar-refractivity contribution in [3.05, 3.63) is 114 Å². The Kier molecular flexibility index (Phi) is 7.78. The maximum Gasteiger partial charge on any atom is 0.271 e. The first kappa shape index (κ1) is 23.3. The van der Waals surface area contributed by atoms with Crippen molar-refractivity contribution in [2.24, 2.45) is 5.10 Å². The van der Waals surface area contributed by atoms with Crippen LogP contribution in [-0.4, -0.2) is 35.3 Å². The normalized spacial score (nSPS) is 15.5. The second kappa shape index (κ2) is 11.3. The van der Waals surface area contributed by atoms with Gasteiger partial charge < -0.3 is 9.64 Å². The smallest absolute Gasteiger partial charge is 0.271 e. The number of thioether (sulfide) groups is 1. The molecule has 0 radical (unpaired) electrons. The van der Waals surface area contributed by atoms with Crippen LogP contribution in [0.15, 0.2) is 96.6 Å². The molecule has 0 aromatic heterocycles. The highest BCUT2D eigenvalue weighted by Crippen LogP contribution is 2.39. The molecule has 0 unspecified atom stereocenters. The van der Waals surface area contributed by atoms with Gasteiger partial charge in [0.1, 0.15) is 17.7 Å². The van der Waals surface area contributed by atoms with Gasteiger partial charge in [0.25, 0.3) is 5.91 Å². The lowest BCUT2D eigenvalue weighted by atomic mass is 10.1. The molecule has 0 aliphatic carbocycles. The molecule has 0 bridgehead atoms. The molecule has 2 amide bonds. The summed E-state index contributed by atoms with van der Waals surface area (Å²) in [5, 5.41) is 3.98. The molecule has 1 aliphatic rings. The molecule has 3 aromatic rings. The van der Waals surface area contributed by atoms with Gasteiger partial charge >= 0.3 is 0 Å². The topological polar surface area (TPSA) is 71.0 Å². The van der Waals surface area contributed by atoms with E-state index in [0.717, 1.165) is 16.7 Å². The number of hydrogen-bond acceptors (Lipinski definition) is 5. The van der Waals surface area contributed by atoms with Crippen LogP contribution in [0.25, 0.3) is 0 Å². The van der Waals surface area contributed by atoms with Crippen molar-refractivity contribution in [3.8, 4) is 5.75 Å². The summed E-state index contributed by atoms with van der Waals surface area (Å²) in [7, 11) is 0. The molecular weight excluding hydrogens is 446 g/mol. The number of hydrogen-bond donors (Lipinski definition) is 1. The largest absolute Gasteiger partial charge is 0.490 e. The zero-order chi connectivity index (χ0) is 23.8. The molecular formula is C27H25N3O3S. The van der Waals surface area contributed by atoms with Crippen molar-refractivity contribution in [3.63, 3.8) is 0 Å². The second-order valence-corrected chi connectivity index (χ2v) is 8.73. The van der Waals surface area contributed by atoms with Crippen molar-refractivity contribution < 1.29 is 14.3 Å². The van der Waals surface area contributed by atoms with Gasteiger partial charge in [-0.15, -0.1) is 11.8 Å². The van der Waals surface area contributed by atoms with E-state index < -0.39 is 0 Å². The molecule has 4 rings (SSSR count). The molecule has 3 aromatic carbocycles. The minimum Gasteiger partial charge on any atom is -0.490 e. The summed E-state index contributed by atoms with van der Waals surface area (Å²) < 4.78 is 5.50. The van der Waals surface area contributed by atoms with Gasteiger partial charge in [-0.2, -0.15) is 5.10 Å². The highest BCUT2D eigenvalue weighted by Gasteiger charge is 2.32. The van der Waals surface area contributed by atoms with Crippen LogP contribution in [0, 0.1) is 0 Å². The van der Waals surface area contributed by atoms with E-state index in [1.165, 1.54) is 0 Å². The predicted molar refractivity (Wildman–Crippen MR) is 136 cm³/mol. The van der Waals surface area contributed by atoms with E-state index >= 15 is 0 Å². The third-order valence-corrected chi connectivity index (χ3v) is 6.48. The number of amides is 2. The van der Waals surface area contributed by atoms with E-state index in [1.807, 2.05) is 71.6 Å². The Labute approximate surface area is 203 Å². The molecule has 1 N–H and O–H groups in total. The molecule has 1 saturated heterocycles. The van der Waals surface area contributed by atoms with Crippen LogP contribution in [0.3, 0.4) is 0 Å². The van der Waals surface area contributed by atoms with Crippen LogP contribution < -0.4 is 10.2 Å². The number of ether oxygens (including phenoxy) is 1. The summed E-state index contributed by atoms with van der Waals surface area (Å²) in [6.07, 6.45) is 3.24. The molecule has 34 heavy (non-hydrogen) atoms. The van der Waals surface area contributed by atoms with Crippen molar-refractivity contribution >= 4 is 29.8 Å². The summed E-state index contributed by atoms with van der Waals surface area (Å²) in [5.41, 5.74) is 5.93. The molecule has 0 spiro atoms. The molecule has 1 fully saturated rings. The number of nitrogens with zero attached hydrogens (tertiary/aromatic N) is 2. The molecule has 6 nitrogen and oxygen atoms in total. The first-order valence-corrected chi connectivity index (χ1v) is 11.9. The first-order valence-electron chi connectivity index (χ1n) is 10.9. The van der Waals surface area contributed by atoms with E-state index in [9.17, 15) is 9.59 Å². The number of carbonyl (C=O) groups excluding carboxylic acids is 2. The standard InChI is InChI=1S/C27H25N3O3S/c1-2-15-33-24-10-6-9-21(16-24)17-28-29-26(32)22-11-13-23(14-12-22)27-30(25(31)19-34-27)18-20-7-4-3-5-8-20/h2-14,16-17,27H,1,15,18-19H2,(H,29,32)/b28-17-/t27-/m0/s1. The Morgan fingerprint density at radius 3 is 2.68 bits per heavy atom. The van der Waals surface area contributed by atoms with Crippen molar-refractivity contribution in [2.75, 3.05) is 12.4 Å².